The predicted octanol–water partition coefficient (Wildman–Crippen LogP) is -0.337. The number of piperidine rings is 1. The lowest BCUT2D eigenvalue weighted by molar-refractivity contribution is 0.0897. The Kier molecular flexibility index (Phi) is 4.60. The molecule has 18 heavy (non-hydrogen) atoms. The Morgan fingerprint density at radius 1 is 1.44 bits per heavy atom. The van der Waals surface area contributed by atoms with Crippen LogP contribution in [0.5, 0.6) is 0 Å². The number of carbonyl (C=O) groups excluding carboxylic acids is 1. The highest BCUT2D eigenvalue weighted by Gasteiger charge is 2.21. The van der Waals surface area contributed by atoms with Crippen molar-refractivity contribution in [3.8, 4) is 0 Å². The molecule has 1 fully saturated rings. The Hall–Kier alpha value is -1.53. The maximum absolute atomic E-state index is 11.9. The van der Waals surface area contributed by atoms with E-state index in [4.69, 9.17) is 5.11 Å². The maximum Gasteiger partial charge on any atom is 0.271 e. The molecular formula is C12H18N4O2. The molecule has 2 rings (SSSR count). The van der Waals surface area contributed by atoms with Crippen molar-refractivity contribution in [2.45, 2.75) is 18.9 Å². The van der Waals surface area contributed by atoms with Crippen LogP contribution < -0.4 is 5.32 Å². The Balaban J connectivity index is 1.80. The van der Waals surface area contributed by atoms with Crippen molar-refractivity contribution in [2.75, 3.05) is 26.2 Å². The van der Waals surface area contributed by atoms with Gasteiger partial charge in [0.1, 0.15) is 5.69 Å². The molecule has 98 valence electrons. The van der Waals surface area contributed by atoms with Crippen molar-refractivity contribution in [1.29, 1.82) is 0 Å². The molecule has 1 amide bonds. The molecule has 0 spiro atoms. The Morgan fingerprint density at radius 3 is 2.83 bits per heavy atom. The molecule has 1 saturated heterocycles. The number of carbonyl (C=O) groups is 1. The van der Waals surface area contributed by atoms with Crippen molar-refractivity contribution < 1.29 is 9.90 Å². The minimum Gasteiger partial charge on any atom is -0.395 e. The third kappa shape index (κ3) is 3.48. The van der Waals surface area contributed by atoms with Crippen LogP contribution in [0.25, 0.3) is 0 Å². The summed E-state index contributed by atoms with van der Waals surface area (Å²) in [6.45, 7) is 2.72. The van der Waals surface area contributed by atoms with Crippen molar-refractivity contribution in [3.05, 3.63) is 24.3 Å². The Morgan fingerprint density at radius 2 is 2.22 bits per heavy atom. The van der Waals surface area contributed by atoms with Gasteiger partial charge in [0, 0.05) is 38.1 Å². The van der Waals surface area contributed by atoms with Crippen molar-refractivity contribution in [2.24, 2.45) is 0 Å². The molecule has 0 atom stereocenters. The standard InChI is InChI=1S/C12H18N4O2/c17-8-7-16-5-1-10(2-6-16)15-12(18)11-9-13-3-4-14-11/h3-4,9-10,17H,1-2,5-8H2,(H,15,18). The quantitative estimate of drug-likeness (QED) is 0.764. The van der Waals surface area contributed by atoms with Crippen LogP contribution in [0.2, 0.25) is 0 Å². The zero-order valence-electron chi connectivity index (χ0n) is 10.2. The molecule has 1 aromatic heterocycles. The lowest BCUT2D eigenvalue weighted by Gasteiger charge is -2.31. The van der Waals surface area contributed by atoms with Crippen LogP contribution >= 0.6 is 0 Å². The lowest BCUT2D eigenvalue weighted by Crippen LogP contribution is -2.45. The number of nitrogens with one attached hydrogen (secondary N) is 1. The van der Waals surface area contributed by atoms with Gasteiger partial charge < -0.3 is 15.3 Å². The van der Waals surface area contributed by atoms with Crippen molar-refractivity contribution >= 4 is 5.91 Å². The second-order valence-corrected chi connectivity index (χ2v) is 4.40. The summed E-state index contributed by atoms with van der Waals surface area (Å²) in [5.74, 6) is -0.163. The number of hydrogen-bond acceptors (Lipinski definition) is 5. The summed E-state index contributed by atoms with van der Waals surface area (Å²) in [4.78, 5) is 21.9. The van der Waals surface area contributed by atoms with Gasteiger partial charge in [0.05, 0.1) is 12.8 Å². The molecule has 2 heterocycles. The summed E-state index contributed by atoms with van der Waals surface area (Å²) in [5, 5.41) is 11.8. The van der Waals surface area contributed by atoms with E-state index >= 15 is 0 Å². The number of rotatable bonds is 4. The van der Waals surface area contributed by atoms with Crippen molar-refractivity contribution in [3.63, 3.8) is 0 Å². The summed E-state index contributed by atoms with van der Waals surface area (Å²) in [5.41, 5.74) is 0.357. The molecule has 2 N–H and O–H groups in total. The van der Waals surface area contributed by atoms with Gasteiger partial charge in [-0.15, -0.1) is 0 Å². The van der Waals surface area contributed by atoms with Crippen molar-refractivity contribution in [1.82, 2.24) is 20.2 Å². The monoisotopic (exact) mass is 250 g/mol. The van der Waals surface area contributed by atoms with E-state index in [0.29, 0.717) is 12.2 Å². The number of hydrogen-bond donors (Lipinski definition) is 2. The second-order valence-electron chi connectivity index (χ2n) is 4.40. The fourth-order valence-corrected chi connectivity index (χ4v) is 2.12. The van der Waals surface area contributed by atoms with Gasteiger partial charge in [0.15, 0.2) is 0 Å². The first-order valence-electron chi connectivity index (χ1n) is 6.19. The van der Waals surface area contributed by atoms with E-state index in [0.717, 1.165) is 25.9 Å². The fourth-order valence-electron chi connectivity index (χ4n) is 2.12. The average Bonchev–Trinajstić information content (AvgIpc) is 2.42. The van der Waals surface area contributed by atoms with E-state index in [-0.39, 0.29) is 18.6 Å². The number of aliphatic hydroxyl groups is 1. The number of amides is 1. The van der Waals surface area contributed by atoms with Gasteiger partial charge in [-0.1, -0.05) is 0 Å². The molecule has 0 saturated carbocycles. The highest BCUT2D eigenvalue weighted by atomic mass is 16.3. The SMILES string of the molecule is O=C(NC1CCN(CCO)CC1)c1cnccn1. The Bertz CT molecular complexity index is 377. The number of β-amino-alcohol motifs (C(OH)–C–C–N with tert-alkyl or cyclic N) is 1. The lowest BCUT2D eigenvalue weighted by atomic mass is 10.0. The van der Waals surface area contributed by atoms with Gasteiger partial charge in [-0.2, -0.15) is 0 Å². The van der Waals surface area contributed by atoms with Crippen LogP contribution in [0, 0.1) is 0 Å². The van der Waals surface area contributed by atoms with Crippen LogP contribution in [0.15, 0.2) is 18.6 Å². The van der Waals surface area contributed by atoms with Gasteiger partial charge in [-0.25, -0.2) is 4.98 Å². The number of aliphatic hydroxyl groups excluding tert-OH is 1. The van der Waals surface area contributed by atoms with E-state index in [1.54, 1.807) is 6.20 Å². The van der Waals surface area contributed by atoms with E-state index in [2.05, 4.69) is 20.2 Å². The third-order valence-electron chi connectivity index (χ3n) is 3.13. The average molecular weight is 250 g/mol. The first kappa shape index (κ1) is 12.9. The Labute approximate surface area is 106 Å². The molecule has 0 radical (unpaired) electrons. The highest BCUT2D eigenvalue weighted by Crippen LogP contribution is 2.10. The molecule has 1 aromatic rings. The largest absolute Gasteiger partial charge is 0.395 e. The molecular weight excluding hydrogens is 232 g/mol. The summed E-state index contributed by atoms with van der Waals surface area (Å²) in [6, 6.07) is 0.189. The molecule has 0 bridgehead atoms. The molecule has 1 aliphatic rings. The van der Waals surface area contributed by atoms with E-state index in [1.165, 1.54) is 12.4 Å². The van der Waals surface area contributed by atoms with Crippen LogP contribution in [-0.4, -0.2) is 58.2 Å². The molecule has 0 aromatic carbocycles. The highest BCUT2D eigenvalue weighted by molar-refractivity contribution is 5.92. The molecule has 0 aliphatic carbocycles. The van der Waals surface area contributed by atoms with E-state index in [1.807, 2.05) is 0 Å². The molecule has 0 unspecified atom stereocenters. The van der Waals surface area contributed by atoms with Crippen LogP contribution in [-0.2, 0) is 0 Å². The third-order valence-corrected chi connectivity index (χ3v) is 3.13. The topological polar surface area (TPSA) is 78.4 Å². The van der Waals surface area contributed by atoms with Gasteiger partial charge >= 0.3 is 0 Å². The minimum absolute atomic E-state index is 0.163. The minimum atomic E-state index is -0.163. The van der Waals surface area contributed by atoms with Gasteiger partial charge in [-0.05, 0) is 12.8 Å². The normalized spacial score (nSPS) is 17.6. The number of likely N-dealkylation sites (tertiary alicyclic amines) is 1. The summed E-state index contributed by atoms with van der Waals surface area (Å²) < 4.78 is 0. The molecule has 6 heteroatoms. The first-order valence-corrected chi connectivity index (χ1v) is 6.19. The first-order chi connectivity index (χ1) is 8.79. The van der Waals surface area contributed by atoms with Crippen LogP contribution in [0.4, 0.5) is 0 Å². The van der Waals surface area contributed by atoms with E-state index < -0.39 is 0 Å². The second kappa shape index (κ2) is 6.42. The van der Waals surface area contributed by atoms with Crippen LogP contribution in [0.3, 0.4) is 0 Å². The van der Waals surface area contributed by atoms with Gasteiger partial charge in [0.25, 0.3) is 5.91 Å². The predicted molar refractivity (Wildman–Crippen MR) is 66.0 cm³/mol. The van der Waals surface area contributed by atoms with Gasteiger partial charge in [0.2, 0.25) is 0 Å². The van der Waals surface area contributed by atoms with E-state index in [9.17, 15) is 4.79 Å². The van der Waals surface area contributed by atoms with Gasteiger partial charge in [-0.3, -0.25) is 9.78 Å². The zero-order chi connectivity index (χ0) is 12.8. The summed E-state index contributed by atoms with van der Waals surface area (Å²) in [7, 11) is 0. The number of aromatic nitrogens is 2. The zero-order valence-corrected chi connectivity index (χ0v) is 10.2. The molecule has 1 aliphatic heterocycles. The maximum atomic E-state index is 11.9. The summed E-state index contributed by atoms with van der Waals surface area (Å²) in [6.07, 6.45) is 6.34. The van der Waals surface area contributed by atoms with Crippen LogP contribution in [0.1, 0.15) is 23.3 Å². The fraction of sp³-hybridized carbons (Fsp3) is 0.583. The molecule has 6 nitrogen and oxygen atoms in total. The number of nitrogens with zero attached hydrogens (tertiary/aromatic N) is 3. The smallest absolute Gasteiger partial charge is 0.271 e. The summed E-state index contributed by atoms with van der Waals surface area (Å²) >= 11 is 0.